The normalized spacial score (nSPS) is 13.6. The zero-order valence-electron chi connectivity index (χ0n) is 11.1. The molecule has 1 heterocycles. The van der Waals surface area contributed by atoms with Crippen LogP contribution in [0.4, 0.5) is 0 Å². The van der Waals surface area contributed by atoms with E-state index in [-0.39, 0.29) is 11.5 Å². The van der Waals surface area contributed by atoms with Crippen LogP contribution in [0.25, 0.3) is 0 Å². The molecule has 1 aromatic heterocycles. The third-order valence-electron chi connectivity index (χ3n) is 2.80. The van der Waals surface area contributed by atoms with E-state index in [2.05, 4.69) is 31.1 Å². The van der Waals surface area contributed by atoms with Gasteiger partial charge in [-0.1, -0.05) is 44.0 Å². The van der Waals surface area contributed by atoms with Gasteiger partial charge in [-0.2, -0.15) is 0 Å². The van der Waals surface area contributed by atoms with Crippen molar-refractivity contribution in [3.05, 3.63) is 49.9 Å². The molecule has 0 aliphatic heterocycles. The topological polar surface area (TPSA) is 38.9 Å². The zero-order valence-corrected chi connectivity index (χ0v) is 13.4. The number of rotatable bonds is 2. The summed E-state index contributed by atoms with van der Waals surface area (Å²) in [5, 5.41) is 4.11. The number of aromatic nitrogens is 1. The molecular formula is C14H16Cl2N2S. The summed E-state index contributed by atoms with van der Waals surface area (Å²) >= 11 is 13.6. The monoisotopic (exact) mass is 314 g/mol. The Hall–Kier alpha value is -0.610. The minimum atomic E-state index is -0.294. The average molecular weight is 315 g/mol. The third kappa shape index (κ3) is 3.48. The Bertz CT molecular complexity index is 567. The molecule has 0 bridgehead atoms. The smallest absolute Gasteiger partial charge is 0.114 e. The van der Waals surface area contributed by atoms with Gasteiger partial charge in [-0.25, -0.2) is 4.98 Å². The quantitative estimate of drug-likeness (QED) is 0.865. The first kappa shape index (κ1) is 14.8. The highest BCUT2D eigenvalue weighted by molar-refractivity contribution is 7.09. The van der Waals surface area contributed by atoms with Crippen molar-refractivity contribution >= 4 is 34.5 Å². The van der Waals surface area contributed by atoms with Crippen LogP contribution in [0.5, 0.6) is 0 Å². The first-order chi connectivity index (χ1) is 8.77. The van der Waals surface area contributed by atoms with Crippen LogP contribution in [0.3, 0.4) is 0 Å². The Balaban J connectivity index is 2.33. The summed E-state index contributed by atoms with van der Waals surface area (Å²) in [6, 6.07) is 5.06. The second kappa shape index (κ2) is 5.41. The van der Waals surface area contributed by atoms with E-state index in [1.807, 2.05) is 12.1 Å². The van der Waals surface area contributed by atoms with Crippen molar-refractivity contribution in [3.8, 4) is 0 Å². The molecule has 1 atom stereocenters. The fourth-order valence-corrected chi connectivity index (χ4v) is 3.29. The summed E-state index contributed by atoms with van der Waals surface area (Å²) in [5.74, 6) is 0. The van der Waals surface area contributed by atoms with Gasteiger partial charge in [0.1, 0.15) is 5.01 Å². The number of benzene rings is 1. The molecule has 102 valence electrons. The van der Waals surface area contributed by atoms with Crippen molar-refractivity contribution in [2.45, 2.75) is 32.2 Å². The van der Waals surface area contributed by atoms with Crippen LogP contribution >= 0.6 is 34.5 Å². The fourth-order valence-electron chi connectivity index (χ4n) is 1.67. The standard InChI is InChI=1S/C14H16Cl2N2S/c1-14(2,3)11-7-19-13(18-11)12(17)8-4-9(15)6-10(16)5-8/h4-7,12H,17H2,1-3H3. The minimum absolute atomic E-state index is 0.0282. The van der Waals surface area contributed by atoms with E-state index < -0.39 is 0 Å². The summed E-state index contributed by atoms with van der Waals surface area (Å²) in [6.45, 7) is 6.40. The Morgan fingerprint density at radius 1 is 1.16 bits per heavy atom. The fraction of sp³-hybridized carbons (Fsp3) is 0.357. The lowest BCUT2D eigenvalue weighted by atomic mass is 9.93. The Morgan fingerprint density at radius 2 is 1.74 bits per heavy atom. The maximum absolute atomic E-state index is 6.24. The van der Waals surface area contributed by atoms with E-state index in [0.717, 1.165) is 16.3 Å². The van der Waals surface area contributed by atoms with E-state index in [0.29, 0.717) is 10.0 Å². The predicted octanol–water partition coefficient (Wildman–Crippen LogP) is 4.80. The third-order valence-corrected chi connectivity index (χ3v) is 4.16. The van der Waals surface area contributed by atoms with Crippen molar-refractivity contribution in [2.75, 3.05) is 0 Å². The van der Waals surface area contributed by atoms with Crippen LogP contribution in [0, 0.1) is 0 Å². The maximum Gasteiger partial charge on any atom is 0.114 e. The van der Waals surface area contributed by atoms with Gasteiger partial charge in [0.2, 0.25) is 0 Å². The number of nitrogens with zero attached hydrogens (tertiary/aromatic N) is 1. The van der Waals surface area contributed by atoms with E-state index in [1.54, 1.807) is 17.4 Å². The number of halogens is 2. The Kier molecular flexibility index (Phi) is 4.21. The Morgan fingerprint density at radius 3 is 2.21 bits per heavy atom. The van der Waals surface area contributed by atoms with Crippen molar-refractivity contribution < 1.29 is 0 Å². The highest BCUT2D eigenvalue weighted by atomic mass is 35.5. The van der Waals surface area contributed by atoms with Gasteiger partial charge in [-0.05, 0) is 23.8 Å². The molecule has 0 fully saturated rings. The first-order valence-electron chi connectivity index (χ1n) is 5.95. The van der Waals surface area contributed by atoms with Gasteiger partial charge in [0.05, 0.1) is 11.7 Å². The number of hydrogen-bond acceptors (Lipinski definition) is 3. The van der Waals surface area contributed by atoms with Gasteiger partial charge in [-0.3, -0.25) is 0 Å². The molecule has 0 aliphatic carbocycles. The summed E-state index contributed by atoms with van der Waals surface area (Å²) in [6.07, 6.45) is 0. The Labute approximate surface area is 127 Å². The SMILES string of the molecule is CC(C)(C)c1csc(C(N)c2cc(Cl)cc(Cl)c2)n1. The van der Waals surface area contributed by atoms with Crippen LogP contribution in [0.1, 0.15) is 43.1 Å². The van der Waals surface area contributed by atoms with E-state index >= 15 is 0 Å². The molecule has 19 heavy (non-hydrogen) atoms. The molecule has 1 aromatic carbocycles. The maximum atomic E-state index is 6.24. The molecule has 2 rings (SSSR count). The second-order valence-electron chi connectivity index (χ2n) is 5.50. The van der Waals surface area contributed by atoms with Crippen LogP contribution in [0.15, 0.2) is 23.6 Å². The first-order valence-corrected chi connectivity index (χ1v) is 7.58. The average Bonchev–Trinajstić information content (AvgIpc) is 2.75. The van der Waals surface area contributed by atoms with Crippen LogP contribution in [-0.4, -0.2) is 4.98 Å². The van der Waals surface area contributed by atoms with Crippen LogP contribution < -0.4 is 5.73 Å². The van der Waals surface area contributed by atoms with Gasteiger partial charge in [0.15, 0.2) is 0 Å². The van der Waals surface area contributed by atoms with Crippen molar-refractivity contribution in [1.29, 1.82) is 0 Å². The molecule has 1 unspecified atom stereocenters. The summed E-state index contributed by atoms with van der Waals surface area (Å²) < 4.78 is 0. The zero-order chi connectivity index (χ0) is 14.2. The summed E-state index contributed by atoms with van der Waals surface area (Å²) in [7, 11) is 0. The molecule has 2 nitrogen and oxygen atoms in total. The molecule has 0 saturated heterocycles. The lowest BCUT2D eigenvalue weighted by Gasteiger charge is -2.15. The largest absolute Gasteiger partial charge is 0.318 e. The van der Waals surface area contributed by atoms with Crippen LogP contribution in [-0.2, 0) is 5.41 Å². The minimum Gasteiger partial charge on any atom is -0.318 e. The van der Waals surface area contributed by atoms with E-state index in [4.69, 9.17) is 28.9 Å². The molecule has 0 radical (unpaired) electrons. The molecule has 2 aromatic rings. The summed E-state index contributed by atoms with van der Waals surface area (Å²) in [4.78, 5) is 4.62. The molecule has 0 spiro atoms. The predicted molar refractivity (Wildman–Crippen MR) is 83.3 cm³/mol. The summed E-state index contributed by atoms with van der Waals surface area (Å²) in [5.41, 5.74) is 8.20. The van der Waals surface area contributed by atoms with Gasteiger partial charge >= 0.3 is 0 Å². The van der Waals surface area contributed by atoms with Crippen molar-refractivity contribution in [2.24, 2.45) is 5.73 Å². The van der Waals surface area contributed by atoms with Gasteiger partial charge in [0.25, 0.3) is 0 Å². The highest BCUT2D eigenvalue weighted by Crippen LogP contribution is 2.30. The van der Waals surface area contributed by atoms with Crippen molar-refractivity contribution in [1.82, 2.24) is 4.98 Å². The number of thiazole rings is 1. The van der Waals surface area contributed by atoms with Crippen LogP contribution in [0.2, 0.25) is 10.0 Å². The molecule has 0 amide bonds. The lowest BCUT2D eigenvalue weighted by Crippen LogP contribution is -2.15. The van der Waals surface area contributed by atoms with Gasteiger partial charge in [0, 0.05) is 20.8 Å². The van der Waals surface area contributed by atoms with Gasteiger partial charge in [-0.15, -0.1) is 11.3 Å². The molecular weight excluding hydrogens is 299 g/mol. The number of hydrogen-bond donors (Lipinski definition) is 1. The van der Waals surface area contributed by atoms with Crippen molar-refractivity contribution in [3.63, 3.8) is 0 Å². The van der Waals surface area contributed by atoms with Gasteiger partial charge < -0.3 is 5.73 Å². The lowest BCUT2D eigenvalue weighted by molar-refractivity contribution is 0.569. The second-order valence-corrected chi connectivity index (χ2v) is 7.26. The molecule has 0 aliphatic rings. The van der Waals surface area contributed by atoms with E-state index in [1.165, 1.54) is 0 Å². The molecule has 5 heteroatoms. The highest BCUT2D eigenvalue weighted by Gasteiger charge is 2.20. The van der Waals surface area contributed by atoms with E-state index in [9.17, 15) is 0 Å². The number of nitrogens with two attached hydrogens (primary N) is 1. The molecule has 2 N–H and O–H groups in total. The molecule has 0 saturated carbocycles.